The summed E-state index contributed by atoms with van der Waals surface area (Å²) in [5, 5.41) is 3.29. The molecule has 0 bridgehead atoms. The van der Waals surface area contributed by atoms with E-state index in [4.69, 9.17) is 22.1 Å². The first-order valence-electron chi connectivity index (χ1n) is 4.93. The van der Waals surface area contributed by atoms with Crippen LogP contribution in [0.4, 0.5) is 5.69 Å². The lowest BCUT2D eigenvalue weighted by Gasteiger charge is -2.15. The molecule has 1 aromatic rings. The topological polar surface area (TPSA) is 64.3 Å². The minimum atomic E-state index is -0.168. The lowest BCUT2D eigenvalue weighted by atomic mass is 10.1. The molecule has 0 aliphatic rings. The van der Waals surface area contributed by atoms with Crippen LogP contribution in [0.15, 0.2) is 12.1 Å². The summed E-state index contributed by atoms with van der Waals surface area (Å²) in [5.41, 5.74) is 6.92. The molecule has 16 heavy (non-hydrogen) atoms. The van der Waals surface area contributed by atoms with E-state index < -0.39 is 0 Å². The van der Waals surface area contributed by atoms with Crippen molar-refractivity contribution in [3.8, 4) is 5.75 Å². The highest BCUT2D eigenvalue weighted by Gasteiger charge is 2.13. The number of carbonyl (C=O) groups excluding carboxylic acids is 1. The highest BCUT2D eigenvalue weighted by atomic mass is 35.5. The van der Waals surface area contributed by atoms with Gasteiger partial charge in [0.25, 0.3) is 0 Å². The van der Waals surface area contributed by atoms with Crippen molar-refractivity contribution in [3.05, 3.63) is 22.7 Å². The fourth-order valence-corrected chi connectivity index (χ4v) is 1.72. The minimum Gasteiger partial charge on any atom is -0.495 e. The minimum absolute atomic E-state index is 0.168. The van der Waals surface area contributed by atoms with E-state index in [-0.39, 0.29) is 5.91 Å². The van der Waals surface area contributed by atoms with E-state index in [1.54, 1.807) is 19.2 Å². The van der Waals surface area contributed by atoms with E-state index in [1.165, 1.54) is 6.92 Å². The number of halogens is 1. The Morgan fingerprint density at radius 1 is 1.56 bits per heavy atom. The van der Waals surface area contributed by atoms with Gasteiger partial charge in [-0.1, -0.05) is 11.6 Å². The van der Waals surface area contributed by atoms with Gasteiger partial charge >= 0.3 is 0 Å². The second-order valence-electron chi connectivity index (χ2n) is 3.32. The molecule has 0 fully saturated rings. The molecule has 0 spiro atoms. The highest BCUT2D eigenvalue weighted by Crippen LogP contribution is 2.33. The average molecular weight is 243 g/mol. The molecule has 0 heterocycles. The van der Waals surface area contributed by atoms with Crippen LogP contribution in [0.25, 0.3) is 0 Å². The number of methoxy groups -OCH3 is 1. The Balaban J connectivity index is 3.24. The summed E-state index contributed by atoms with van der Waals surface area (Å²) >= 11 is 6.06. The zero-order valence-electron chi connectivity index (χ0n) is 9.34. The maximum atomic E-state index is 11.1. The maximum Gasteiger partial charge on any atom is 0.221 e. The van der Waals surface area contributed by atoms with Crippen LogP contribution in [-0.2, 0) is 11.2 Å². The van der Waals surface area contributed by atoms with Crippen LogP contribution >= 0.6 is 11.6 Å². The molecule has 1 rings (SSSR count). The van der Waals surface area contributed by atoms with Crippen molar-refractivity contribution >= 4 is 23.2 Å². The number of carbonyl (C=O) groups is 1. The Morgan fingerprint density at radius 3 is 2.75 bits per heavy atom. The number of hydrogen-bond acceptors (Lipinski definition) is 3. The number of anilines is 1. The molecule has 0 saturated heterocycles. The summed E-state index contributed by atoms with van der Waals surface area (Å²) in [4.78, 5) is 11.1. The van der Waals surface area contributed by atoms with Gasteiger partial charge in [-0.3, -0.25) is 4.79 Å². The molecule has 0 radical (unpaired) electrons. The van der Waals surface area contributed by atoms with Crippen LogP contribution < -0.4 is 15.8 Å². The van der Waals surface area contributed by atoms with Gasteiger partial charge in [-0.15, -0.1) is 0 Å². The molecule has 1 amide bonds. The molecule has 5 heteroatoms. The van der Waals surface area contributed by atoms with Gasteiger partial charge in [0.2, 0.25) is 5.91 Å². The normalized spacial score (nSPS) is 10.0. The van der Waals surface area contributed by atoms with E-state index in [2.05, 4.69) is 5.32 Å². The Kier molecular flexibility index (Phi) is 4.58. The second-order valence-corrected chi connectivity index (χ2v) is 3.73. The summed E-state index contributed by atoms with van der Waals surface area (Å²) in [5.74, 6) is 0.418. The lowest BCUT2D eigenvalue weighted by molar-refractivity contribution is -0.114. The first-order valence-corrected chi connectivity index (χ1v) is 5.31. The van der Waals surface area contributed by atoms with Crippen molar-refractivity contribution in [1.82, 2.24) is 0 Å². The predicted octanol–water partition coefficient (Wildman–Crippen LogP) is 1.81. The second kappa shape index (κ2) is 5.72. The fraction of sp³-hybridized carbons (Fsp3) is 0.364. The van der Waals surface area contributed by atoms with Gasteiger partial charge in [0.15, 0.2) is 0 Å². The number of rotatable bonds is 4. The van der Waals surface area contributed by atoms with Crippen molar-refractivity contribution in [2.24, 2.45) is 5.73 Å². The van der Waals surface area contributed by atoms with Crippen LogP contribution in [0, 0.1) is 0 Å². The average Bonchev–Trinajstić information content (AvgIpc) is 2.23. The largest absolute Gasteiger partial charge is 0.495 e. The first-order chi connectivity index (χ1) is 7.60. The van der Waals surface area contributed by atoms with Crippen molar-refractivity contribution in [2.75, 3.05) is 19.0 Å². The first kappa shape index (κ1) is 12.8. The lowest BCUT2D eigenvalue weighted by Crippen LogP contribution is -2.12. The summed E-state index contributed by atoms with van der Waals surface area (Å²) in [6, 6.07) is 3.45. The van der Waals surface area contributed by atoms with Crippen LogP contribution in [0.5, 0.6) is 5.75 Å². The molecule has 0 aromatic heterocycles. The molecule has 88 valence electrons. The Bertz CT molecular complexity index is 394. The molecular formula is C11H15ClN2O2. The standard InChI is InChI=1S/C11H15ClN2O2/c1-7(15)14-11-8(5-6-13)9(12)3-4-10(11)16-2/h3-4H,5-6,13H2,1-2H3,(H,14,15). The van der Waals surface area contributed by atoms with E-state index in [0.717, 1.165) is 5.56 Å². The number of nitrogens with one attached hydrogen (secondary N) is 1. The van der Waals surface area contributed by atoms with Gasteiger partial charge in [0.05, 0.1) is 12.8 Å². The van der Waals surface area contributed by atoms with Gasteiger partial charge in [0, 0.05) is 11.9 Å². The summed E-state index contributed by atoms with van der Waals surface area (Å²) < 4.78 is 5.17. The molecule has 4 nitrogen and oxygen atoms in total. The van der Waals surface area contributed by atoms with Gasteiger partial charge in [0.1, 0.15) is 5.75 Å². The predicted molar refractivity (Wildman–Crippen MR) is 65.1 cm³/mol. The van der Waals surface area contributed by atoms with Gasteiger partial charge in [-0.2, -0.15) is 0 Å². The van der Waals surface area contributed by atoms with E-state index in [1.807, 2.05) is 0 Å². The van der Waals surface area contributed by atoms with Crippen LogP contribution in [0.1, 0.15) is 12.5 Å². The summed E-state index contributed by atoms with van der Waals surface area (Å²) in [7, 11) is 1.54. The Hall–Kier alpha value is -1.26. The zero-order valence-corrected chi connectivity index (χ0v) is 10.1. The van der Waals surface area contributed by atoms with E-state index in [9.17, 15) is 4.79 Å². The van der Waals surface area contributed by atoms with Gasteiger partial charge in [-0.25, -0.2) is 0 Å². The monoisotopic (exact) mass is 242 g/mol. The Labute approximate surface area is 99.7 Å². The third-order valence-electron chi connectivity index (χ3n) is 2.13. The zero-order chi connectivity index (χ0) is 12.1. The van der Waals surface area contributed by atoms with E-state index in [0.29, 0.717) is 29.4 Å². The summed E-state index contributed by atoms with van der Waals surface area (Å²) in [6.45, 7) is 1.89. The molecule has 0 aliphatic carbocycles. The van der Waals surface area contributed by atoms with Crippen molar-refractivity contribution in [1.29, 1.82) is 0 Å². The number of ether oxygens (including phenoxy) is 1. The summed E-state index contributed by atoms with van der Waals surface area (Å²) in [6.07, 6.45) is 0.589. The van der Waals surface area contributed by atoms with Crippen molar-refractivity contribution < 1.29 is 9.53 Å². The molecule has 0 unspecified atom stereocenters. The van der Waals surface area contributed by atoms with Crippen LogP contribution in [0.3, 0.4) is 0 Å². The molecule has 0 aliphatic heterocycles. The SMILES string of the molecule is COc1ccc(Cl)c(CCN)c1NC(C)=O. The van der Waals surface area contributed by atoms with Crippen LogP contribution in [-0.4, -0.2) is 19.6 Å². The number of benzene rings is 1. The third kappa shape index (κ3) is 2.87. The number of nitrogens with two attached hydrogens (primary N) is 1. The number of amides is 1. The van der Waals surface area contributed by atoms with E-state index >= 15 is 0 Å². The van der Waals surface area contributed by atoms with Gasteiger partial charge < -0.3 is 15.8 Å². The molecule has 0 saturated carbocycles. The molecule has 3 N–H and O–H groups in total. The maximum absolute atomic E-state index is 11.1. The smallest absolute Gasteiger partial charge is 0.221 e. The van der Waals surface area contributed by atoms with Crippen LogP contribution in [0.2, 0.25) is 5.02 Å². The Morgan fingerprint density at radius 2 is 2.25 bits per heavy atom. The van der Waals surface area contributed by atoms with Crippen molar-refractivity contribution in [3.63, 3.8) is 0 Å². The quantitative estimate of drug-likeness (QED) is 0.846. The van der Waals surface area contributed by atoms with Crippen molar-refractivity contribution in [2.45, 2.75) is 13.3 Å². The molecule has 1 aromatic carbocycles. The fourth-order valence-electron chi connectivity index (χ4n) is 1.47. The highest BCUT2D eigenvalue weighted by molar-refractivity contribution is 6.32. The third-order valence-corrected chi connectivity index (χ3v) is 2.49. The number of hydrogen-bond donors (Lipinski definition) is 2. The molecule has 0 atom stereocenters. The van der Waals surface area contributed by atoms with Gasteiger partial charge in [-0.05, 0) is 30.7 Å². The molecular weight excluding hydrogens is 228 g/mol.